The molecule has 86 valence electrons. The largest absolute Gasteiger partial charge is 0.369 e. The molecule has 2 aromatic heterocycles. The Bertz CT molecular complexity index is 550. The van der Waals surface area contributed by atoms with Crippen molar-refractivity contribution in [3.8, 4) is 0 Å². The molecule has 0 saturated heterocycles. The minimum absolute atomic E-state index is 0.616. The van der Waals surface area contributed by atoms with E-state index in [0.717, 1.165) is 35.2 Å². The summed E-state index contributed by atoms with van der Waals surface area (Å²) in [6.45, 7) is 5.23. The third-order valence-corrected chi connectivity index (χ3v) is 3.61. The maximum Gasteiger partial charge on any atom is 0.202 e. The Morgan fingerprint density at radius 3 is 2.81 bits per heavy atom. The second-order valence-corrected chi connectivity index (χ2v) is 4.93. The number of fused-ring (bicyclic) bond motifs is 1. The molecule has 2 N–H and O–H groups in total. The fourth-order valence-electron chi connectivity index (χ4n) is 2.42. The van der Waals surface area contributed by atoms with E-state index in [1.54, 1.807) is 0 Å². The summed E-state index contributed by atoms with van der Waals surface area (Å²) in [6, 6.07) is 0. The van der Waals surface area contributed by atoms with Crippen molar-refractivity contribution in [2.75, 3.05) is 5.73 Å². The lowest BCUT2D eigenvalue weighted by molar-refractivity contribution is 0.596. The van der Waals surface area contributed by atoms with E-state index in [9.17, 15) is 0 Å². The van der Waals surface area contributed by atoms with Gasteiger partial charge < -0.3 is 5.73 Å². The first-order valence-electron chi connectivity index (χ1n) is 5.73. The van der Waals surface area contributed by atoms with Gasteiger partial charge in [-0.1, -0.05) is 6.92 Å². The quantitative estimate of drug-likeness (QED) is 0.828. The van der Waals surface area contributed by atoms with Crippen LogP contribution in [0.25, 0.3) is 11.2 Å². The van der Waals surface area contributed by atoms with Crippen LogP contribution in [0, 0.1) is 18.8 Å². The highest BCUT2D eigenvalue weighted by Crippen LogP contribution is 2.40. The minimum Gasteiger partial charge on any atom is -0.369 e. The van der Waals surface area contributed by atoms with Gasteiger partial charge in [0.2, 0.25) is 5.95 Å². The number of hydrogen-bond donors (Lipinski definition) is 1. The fourth-order valence-corrected chi connectivity index (χ4v) is 2.42. The Morgan fingerprint density at radius 1 is 1.50 bits per heavy atom. The molecule has 2 aromatic rings. The van der Waals surface area contributed by atoms with Crippen LogP contribution in [-0.4, -0.2) is 19.3 Å². The lowest BCUT2D eigenvalue weighted by Gasteiger charge is -2.05. The molecular weight excluding hydrogens is 202 g/mol. The molecular formula is C11H17N5. The topological polar surface area (TPSA) is 61.7 Å². The van der Waals surface area contributed by atoms with Gasteiger partial charge in [0.1, 0.15) is 5.52 Å². The average molecular weight is 219 g/mol. The molecule has 5 nitrogen and oxygen atoms in total. The molecule has 16 heavy (non-hydrogen) atoms. The van der Waals surface area contributed by atoms with Crippen molar-refractivity contribution in [2.45, 2.75) is 26.8 Å². The van der Waals surface area contributed by atoms with Gasteiger partial charge in [0.15, 0.2) is 5.65 Å². The zero-order valence-corrected chi connectivity index (χ0v) is 9.94. The molecule has 2 unspecified atom stereocenters. The van der Waals surface area contributed by atoms with Crippen LogP contribution in [0.2, 0.25) is 0 Å². The molecule has 0 spiro atoms. The van der Waals surface area contributed by atoms with Crippen LogP contribution < -0.4 is 5.73 Å². The van der Waals surface area contributed by atoms with Crippen LogP contribution in [0.1, 0.15) is 19.0 Å². The monoisotopic (exact) mass is 219 g/mol. The summed E-state index contributed by atoms with van der Waals surface area (Å²) in [5.74, 6) is 2.20. The van der Waals surface area contributed by atoms with E-state index in [2.05, 4.69) is 21.6 Å². The van der Waals surface area contributed by atoms with Gasteiger partial charge in [0.25, 0.3) is 0 Å². The van der Waals surface area contributed by atoms with Crippen LogP contribution in [0.4, 0.5) is 5.95 Å². The van der Waals surface area contributed by atoms with Gasteiger partial charge in [0, 0.05) is 13.6 Å². The second kappa shape index (κ2) is 2.99. The lowest BCUT2D eigenvalue weighted by Crippen LogP contribution is -2.08. The Morgan fingerprint density at radius 2 is 2.19 bits per heavy atom. The highest BCUT2D eigenvalue weighted by molar-refractivity contribution is 5.77. The van der Waals surface area contributed by atoms with E-state index < -0.39 is 0 Å². The summed E-state index contributed by atoms with van der Waals surface area (Å²) < 4.78 is 3.98. The number of anilines is 1. The molecule has 1 aliphatic carbocycles. The van der Waals surface area contributed by atoms with Gasteiger partial charge in [-0.2, -0.15) is 5.10 Å². The van der Waals surface area contributed by atoms with Gasteiger partial charge in [-0.05, 0) is 25.2 Å². The minimum atomic E-state index is 0.616. The molecule has 0 radical (unpaired) electrons. The van der Waals surface area contributed by atoms with E-state index >= 15 is 0 Å². The molecule has 1 aliphatic rings. The van der Waals surface area contributed by atoms with Crippen LogP contribution in [0.15, 0.2) is 0 Å². The smallest absolute Gasteiger partial charge is 0.202 e. The summed E-state index contributed by atoms with van der Waals surface area (Å²) >= 11 is 0. The van der Waals surface area contributed by atoms with Crippen LogP contribution in [0.5, 0.6) is 0 Å². The standard InChI is InChI=1S/C11H17N5/c1-6-4-8(6)5-16-10-9(13-11(16)12)7(2)14-15(10)3/h6,8H,4-5H2,1-3H3,(H2,12,13). The summed E-state index contributed by atoms with van der Waals surface area (Å²) in [4.78, 5) is 4.40. The Kier molecular flexibility index (Phi) is 1.81. The summed E-state index contributed by atoms with van der Waals surface area (Å²) in [5, 5.41) is 4.38. The van der Waals surface area contributed by atoms with Gasteiger partial charge in [-0.25, -0.2) is 4.98 Å². The van der Waals surface area contributed by atoms with Crippen molar-refractivity contribution in [1.82, 2.24) is 19.3 Å². The van der Waals surface area contributed by atoms with Gasteiger partial charge in [0.05, 0.1) is 5.69 Å². The van der Waals surface area contributed by atoms with Crippen LogP contribution in [0.3, 0.4) is 0 Å². The molecule has 1 saturated carbocycles. The number of nitrogens with two attached hydrogens (primary N) is 1. The Hall–Kier alpha value is -1.52. The second-order valence-electron chi connectivity index (χ2n) is 4.93. The average Bonchev–Trinajstić information content (AvgIpc) is 2.69. The SMILES string of the molecule is Cc1nn(C)c2c1nc(N)n2CC1CC1C. The fraction of sp³-hybridized carbons (Fsp3) is 0.636. The highest BCUT2D eigenvalue weighted by atomic mass is 15.3. The molecule has 2 atom stereocenters. The molecule has 0 bridgehead atoms. The number of nitrogens with zero attached hydrogens (tertiary/aromatic N) is 4. The molecule has 0 aromatic carbocycles. The third-order valence-electron chi connectivity index (χ3n) is 3.61. The number of nitrogen functional groups attached to an aromatic ring is 1. The van der Waals surface area contributed by atoms with E-state index in [4.69, 9.17) is 5.73 Å². The normalized spacial score (nSPS) is 24.2. The number of aryl methyl sites for hydroxylation is 2. The lowest BCUT2D eigenvalue weighted by atomic mass is 10.3. The summed E-state index contributed by atoms with van der Waals surface area (Å²) in [6.07, 6.45) is 1.30. The maximum absolute atomic E-state index is 5.97. The van der Waals surface area contributed by atoms with E-state index in [1.165, 1.54) is 6.42 Å². The predicted molar refractivity (Wildman–Crippen MR) is 62.9 cm³/mol. The Labute approximate surface area is 94.2 Å². The van der Waals surface area contributed by atoms with Gasteiger partial charge >= 0.3 is 0 Å². The number of rotatable bonds is 2. The predicted octanol–water partition coefficient (Wildman–Crippen LogP) is 1.32. The molecule has 1 fully saturated rings. The summed E-state index contributed by atoms with van der Waals surface area (Å²) in [7, 11) is 1.95. The first kappa shape index (κ1) is 9.69. The van der Waals surface area contributed by atoms with Crippen molar-refractivity contribution in [2.24, 2.45) is 18.9 Å². The molecule has 0 aliphatic heterocycles. The third kappa shape index (κ3) is 1.24. The van der Waals surface area contributed by atoms with E-state index in [0.29, 0.717) is 5.95 Å². The van der Waals surface area contributed by atoms with Crippen molar-refractivity contribution in [1.29, 1.82) is 0 Å². The zero-order chi connectivity index (χ0) is 11.4. The van der Waals surface area contributed by atoms with Crippen molar-refractivity contribution in [3.05, 3.63) is 5.69 Å². The first-order valence-corrected chi connectivity index (χ1v) is 5.73. The van der Waals surface area contributed by atoms with Crippen molar-refractivity contribution >= 4 is 17.1 Å². The van der Waals surface area contributed by atoms with Crippen LogP contribution in [-0.2, 0) is 13.6 Å². The molecule has 2 heterocycles. The van der Waals surface area contributed by atoms with E-state index in [-0.39, 0.29) is 0 Å². The van der Waals surface area contributed by atoms with E-state index in [1.807, 2.05) is 18.7 Å². The van der Waals surface area contributed by atoms with Crippen molar-refractivity contribution in [3.63, 3.8) is 0 Å². The maximum atomic E-state index is 5.97. The van der Waals surface area contributed by atoms with Crippen LogP contribution >= 0.6 is 0 Å². The molecule has 3 rings (SSSR count). The first-order chi connectivity index (χ1) is 7.58. The summed E-state index contributed by atoms with van der Waals surface area (Å²) in [5.41, 5.74) is 8.91. The van der Waals surface area contributed by atoms with Crippen molar-refractivity contribution < 1.29 is 0 Å². The molecule has 5 heteroatoms. The van der Waals surface area contributed by atoms with Gasteiger partial charge in [-0.15, -0.1) is 0 Å². The molecule has 0 amide bonds. The zero-order valence-electron chi connectivity index (χ0n) is 9.94. The number of aromatic nitrogens is 4. The number of imidazole rings is 1. The number of hydrogen-bond acceptors (Lipinski definition) is 3. The highest BCUT2D eigenvalue weighted by Gasteiger charge is 2.34. The Balaban J connectivity index is 2.11. The van der Waals surface area contributed by atoms with Gasteiger partial charge in [-0.3, -0.25) is 9.25 Å².